The Morgan fingerprint density at radius 2 is 2.17 bits per heavy atom. The van der Waals surface area contributed by atoms with E-state index < -0.39 is 22.5 Å². The smallest absolute Gasteiger partial charge is 0.342 e. The second-order valence-electron chi connectivity index (χ2n) is 3.11. The molecule has 0 radical (unpaired) electrons. The summed E-state index contributed by atoms with van der Waals surface area (Å²) < 4.78 is 4.42. The van der Waals surface area contributed by atoms with Gasteiger partial charge in [0.15, 0.2) is 0 Å². The van der Waals surface area contributed by atoms with Crippen molar-refractivity contribution in [3.63, 3.8) is 0 Å². The standard InChI is InChI=1S/C10H9NO6S/c1-17-9(12)5-18-6-2-3-7(10(13)14)8(4-6)11(15)16/h2-4H,5H2,1H3,(H,13,14). The summed E-state index contributed by atoms with van der Waals surface area (Å²) in [5.41, 5.74) is -0.889. The highest BCUT2D eigenvalue weighted by Crippen LogP contribution is 2.26. The molecule has 0 bridgehead atoms. The van der Waals surface area contributed by atoms with Crippen LogP contribution in [0.3, 0.4) is 0 Å². The lowest BCUT2D eigenvalue weighted by Gasteiger charge is -2.02. The van der Waals surface area contributed by atoms with Crippen LogP contribution in [-0.2, 0) is 9.53 Å². The molecule has 0 amide bonds. The van der Waals surface area contributed by atoms with Gasteiger partial charge < -0.3 is 9.84 Å². The van der Waals surface area contributed by atoms with Gasteiger partial charge in [0.05, 0.1) is 17.8 Å². The maximum atomic E-state index is 10.9. The van der Waals surface area contributed by atoms with Crippen LogP contribution >= 0.6 is 11.8 Å². The first-order valence-electron chi connectivity index (χ1n) is 4.67. The molecule has 0 spiro atoms. The highest BCUT2D eigenvalue weighted by atomic mass is 32.2. The van der Waals surface area contributed by atoms with E-state index >= 15 is 0 Å². The SMILES string of the molecule is COC(=O)CSc1ccc(C(=O)O)c([N+](=O)[O-])c1. The van der Waals surface area contributed by atoms with E-state index in [0.29, 0.717) is 4.90 Å². The third-order valence-electron chi connectivity index (χ3n) is 1.98. The fraction of sp³-hybridized carbons (Fsp3) is 0.200. The van der Waals surface area contributed by atoms with E-state index in [2.05, 4.69) is 4.74 Å². The van der Waals surface area contributed by atoms with Crippen molar-refractivity contribution in [2.75, 3.05) is 12.9 Å². The van der Waals surface area contributed by atoms with Crippen LogP contribution in [0.1, 0.15) is 10.4 Å². The zero-order valence-corrected chi connectivity index (χ0v) is 10.1. The Morgan fingerprint density at radius 3 is 2.67 bits per heavy atom. The number of esters is 1. The molecule has 1 N–H and O–H groups in total. The normalized spacial score (nSPS) is 9.83. The first-order valence-corrected chi connectivity index (χ1v) is 5.65. The number of hydrogen-bond acceptors (Lipinski definition) is 6. The first kappa shape index (κ1) is 14.0. The number of ether oxygens (including phenoxy) is 1. The number of carboxylic acid groups (broad SMARTS) is 1. The minimum absolute atomic E-state index is 0.0000718. The number of rotatable bonds is 5. The lowest BCUT2D eigenvalue weighted by molar-refractivity contribution is -0.385. The molecule has 0 aliphatic heterocycles. The average molecular weight is 271 g/mol. The van der Waals surface area contributed by atoms with Gasteiger partial charge in [-0.1, -0.05) is 0 Å². The summed E-state index contributed by atoms with van der Waals surface area (Å²) in [6.45, 7) is 0. The number of carbonyl (C=O) groups is 2. The topological polar surface area (TPSA) is 107 Å². The average Bonchev–Trinajstić information content (AvgIpc) is 2.35. The molecule has 0 saturated heterocycles. The van der Waals surface area contributed by atoms with Crippen LogP contribution in [0.25, 0.3) is 0 Å². The third kappa shape index (κ3) is 3.45. The van der Waals surface area contributed by atoms with Gasteiger partial charge in [-0.2, -0.15) is 0 Å². The molecule has 0 saturated carbocycles. The molecule has 18 heavy (non-hydrogen) atoms. The minimum Gasteiger partial charge on any atom is -0.477 e. The lowest BCUT2D eigenvalue weighted by Crippen LogP contribution is -2.04. The van der Waals surface area contributed by atoms with E-state index in [-0.39, 0.29) is 11.3 Å². The molecule has 0 aliphatic rings. The summed E-state index contributed by atoms with van der Waals surface area (Å²) in [7, 11) is 1.23. The van der Waals surface area contributed by atoms with Crippen LogP contribution in [0, 0.1) is 10.1 Å². The summed E-state index contributed by atoms with van der Waals surface area (Å²) in [5, 5.41) is 19.5. The van der Waals surface area contributed by atoms with E-state index in [0.717, 1.165) is 23.9 Å². The van der Waals surface area contributed by atoms with Gasteiger partial charge >= 0.3 is 11.9 Å². The van der Waals surface area contributed by atoms with Gasteiger partial charge in [-0.3, -0.25) is 14.9 Å². The van der Waals surface area contributed by atoms with Gasteiger partial charge in [0.1, 0.15) is 5.56 Å². The summed E-state index contributed by atoms with van der Waals surface area (Å²) in [6, 6.07) is 3.67. The zero-order chi connectivity index (χ0) is 13.7. The molecule has 0 fully saturated rings. The molecule has 8 heteroatoms. The summed E-state index contributed by atoms with van der Waals surface area (Å²) in [5.74, 6) is -1.84. The Hall–Kier alpha value is -2.09. The molecule has 96 valence electrons. The van der Waals surface area contributed by atoms with Gasteiger partial charge in [0.2, 0.25) is 0 Å². The minimum atomic E-state index is -1.37. The van der Waals surface area contributed by atoms with Crippen LogP contribution in [0.4, 0.5) is 5.69 Å². The van der Waals surface area contributed by atoms with Crippen molar-refractivity contribution in [1.82, 2.24) is 0 Å². The Kier molecular flexibility index (Phi) is 4.67. The molecule has 0 aromatic heterocycles. The number of aromatic carboxylic acids is 1. The molecule has 7 nitrogen and oxygen atoms in total. The van der Waals surface area contributed by atoms with Gasteiger partial charge in [-0.25, -0.2) is 4.79 Å². The number of nitro benzene ring substituents is 1. The van der Waals surface area contributed by atoms with E-state index in [1.165, 1.54) is 13.2 Å². The molecule has 0 atom stereocenters. The van der Waals surface area contributed by atoms with Crippen molar-refractivity contribution in [2.45, 2.75) is 4.90 Å². The number of carbonyl (C=O) groups excluding carboxylic acids is 1. The summed E-state index contributed by atoms with van der Waals surface area (Å²) >= 11 is 1.03. The molecule has 0 aliphatic carbocycles. The Balaban J connectivity index is 2.97. The molecular formula is C10H9NO6S. The number of benzene rings is 1. The Bertz CT molecular complexity index is 501. The quantitative estimate of drug-likeness (QED) is 0.374. The number of nitro groups is 1. The van der Waals surface area contributed by atoms with Gasteiger partial charge in [0.25, 0.3) is 5.69 Å². The van der Waals surface area contributed by atoms with Crippen LogP contribution < -0.4 is 0 Å². The first-order chi connectivity index (χ1) is 8.45. The summed E-state index contributed by atoms with van der Waals surface area (Å²) in [6.07, 6.45) is 0. The highest BCUT2D eigenvalue weighted by Gasteiger charge is 2.20. The van der Waals surface area contributed by atoms with Crippen molar-refractivity contribution >= 4 is 29.4 Å². The van der Waals surface area contributed by atoms with Crippen molar-refractivity contribution in [1.29, 1.82) is 0 Å². The summed E-state index contributed by atoms with van der Waals surface area (Å²) in [4.78, 5) is 32.0. The van der Waals surface area contributed by atoms with Gasteiger partial charge in [0, 0.05) is 11.0 Å². The van der Waals surface area contributed by atoms with Crippen LogP contribution in [0.15, 0.2) is 23.1 Å². The number of methoxy groups -OCH3 is 1. The largest absolute Gasteiger partial charge is 0.477 e. The zero-order valence-electron chi connectivity index (χ0n) is 9.28. The monoisotopic (exact) mass is 271 g/mol. The molecule has 0 heterocycles. The Morgan fingerprint density at radius 1 is 1.50 bits per heavy atom. The maximum absolute atomic E-state index is 10.9. The molecular weight excluding hydrogens is 262 g/mol. The number of carboxylic acids is 1. The van der Waals surface area contributed by atoms with Crippen LogP contribution in [0.2, 0.25) is 0 Å². The van der Waals surface area contributed by atoms with E-state index in [1.54, 1.807) is 0 Å². The molecule has 1 rings (SSSR count). The van der Waals surface area contributed by atoms with Crippen molar-refractivity contribution in [3.8, 4) is 0 Å². The van der Waals surface area contributed by atoms with Crippen molar-refractivity contribution in [3.05, 3.63) is 33.9 Å². The predicted molar refractivity (Wildman–Crippen MR) is 62.8 cm³/mol. The predicted octanol–water partition coefficient (Wildman–Crippen LogP) is 1.56. The van der Waals surface area contributed by atoms with Crippen LogP contribution in [-0.4, -0.2) is 34.8 Å². The van der Waals surface area contributed by atoms with E-state index in [9.17, 15) is 19.7 Å². The van der Waals surface area contributed by atoms with Crippen LogP contribution in [0.5, 0.6) is 0 Å². The van der Waals surface area contributed by atoms with E-state index in [4.69, 9.17) is 5.11 Å². The Labute approximate surface area is 106 Å². The van der Waals surface area contributed by atoms with Crippen molar-refractivity contribution in [2.24, 2.45) is 0 Å². The second kappa shape index (κ2) is 6.01. The fourth-order valence-corrected chi connectivity index (χ4v) is 1.90. The number of hydrogen-bond donors (Lipinski definition) is 1. The fourth-order valence-electron chi connectivity index (χ4n) is 1.13. The molecule has 1 aromatic carbocycles. The molecule has 0 unspecified atom stereocenters. The maximum Gasteiger partial charge on any atom is 0.342 e. The van der Waals surface area contributed by atoms with Gasteiger partial charge in [-0.05, 0) is 12.1 Å². The number of thioether (sulfide) groups is 1. The van der Waals surface area contributed by atoms with E-state index in [1.807, 2.05) is 0 Å². The lowest BCUT2D eigenvalue weighted by atomic mass is 10.2. The number of nitrogens with zero attached hydrogens (tertiary/aromatic N) is 1. The highest BCUT2D eigenvalue weighted by molar-refractivity contribution is 8.00. The molecule has 1 aromatic rings. The van der Waals surface area contributed by atoms with Crippen molar-refractivity contribution < 1.29 is 24.4 Å². The van der Waals surface area contributed by atoms with Gasteiger partial charge in [-0.15, -0.1) is 11.8 Å². The third-order valence-corrected chi connectivity index (χ3v) is 2.95. The second-order valence-corrected chi connectivity index (χ2v) is 4.15.